The van der Waals surface area contributed by atoms with Crippen molar-refractivity contribution in [1.82, 2.24) is 5.43 Å². The highest BCUT2D eigenvalue weighted by Crippen LogP contribution is 2.20. The quantitative estimate of drug-likeness (QED) is 0.569. The smallest absolute Gasteiger partial charge is 0.292 e. The molecule has 0 aromatic heterocycles. The minimum atomic E-state index is -0.460. The summed E-state index contributed by atoms with van der Waals surface area (Å²) in [5.41, 5.74) is 6.79. The Morgan fingerprint density at radius 2 is 1.85 bits per heavy atom. The van der Waals surface area contributed by atoms with Gasteiger partial charge in [-0.15, -0.1) is 0 Å². The molecule has 0 saturated carbocycles. The number of nitriles is 1. The number of carbonyl (C=O) groups is 2. The van der Waals surface area contributed by atoms with E-state index < -0.39 is 5.91 Å². The topological polar surface area (TPSA) is 107 Å². The molecule has 1 heterocycles. The van der Waals surface area contributed by atoms with Crippen LogP contribution in [-0.4, -0.2) is 24.2 Å². The number of aryl methyl sites for hydroxylation is 1. The van der Waals surface area contributed by atoms with Crippen molar-refractivity contribution in [1.29, 1.82) is 5.26 Å². The molecule has 8 nitrogen and oxygen atoms in total. The lowest BCUT2D eigenvalue weighted by atomic mass is 10.1. The number of rotatable bonds is 7. The number of hydrogen-bond acceptors (Lipinski definition) is 6. The minimum Gasteiger partial charge on any atom is -0.489 e. The number of amidine groups is 1. The number of anilines is 2. The zero-order chi connectivity index (χ0) is 23.9. The van der Waals surface area contributed by atoms with Crippen LogP contribution in [0, 0.1) is 18.3 Å². The standard InChI is InChI=1S/C26H23N5O3/c1-18-6-10-21(11-7-18)31-24(32)16-28-25(30-31)26(33)29-23-5-3-2-4-20(23)17-34-22-12-8-19(9-13-22)14-15-27/h2-13H,14,16-17H2,1H3,(H,28,30)(H,29,33). The van der Waals surface area contributed by atoms with Gasteiger partial charge in [-0.25, -0.2) is 5.01 Å². The predicted molar refractivity (Wildman–Crippen MR) is 129 cm³/mol. The van der Waals surface area contributed by atoms with Gasteiger partial charge < -0.3 is 10.1 Å². The zero-order valence-electron chi connectivity index (χ0n) is 18.6. The number of benzene rings is 3. The Balaban J connectivity index is 1.42. The fraction of sp³-hybridized carbons (Fsp3) is 0.154. The average molecular weight is 454 g/mol. The molecule has 0 atom stereocenters. The number of hydrazine groups is 1. The second-order valence-electron chi connectivity index (χ2n) is 7.72. The Labute approximate surface area is 197 Å². The number of nitrogens with one attached hydrogen (secondary N) is 2. The van der Waals surface area contributed by atoms with Gasteiger partial charge in [-0.2, -0.15) is 5.26 Å². The molecule has 0 radical (unpaired) electrons. The summed E-state index contributed by atoms with van der Waals surface area (Å²) in [6, 6.07) is 24.1. The van der Waals surface area contributed by atoms with Gasteiger partial charge in [-0.05, 0) is 42.8 Å². The fourth-order valence-electron chi connectivity index (χ4n) is 3.35. The molecule has 2 N–H and O–H groups in total. The summed E-state index contributed by atoms with van der Waals surface area (Å²) < 4.78 is 5.86. The fourth-order valence-corrected chi connectivity index (χ4v) is 3.35. The Bertz CT molecular complexity index is 1260. The molecule has 3 aromatic carbocycles. The van der Waals surface area contributed by atoms with Crippen molar-refractivity contribution >= 4 is 29.0 Å². The van der Waals surface area contributed by atoms with Crippen LogP contribution < -0.4 is 20.5 Å². The number of aliphatic imine (C=N–C) groups is 1. The van der Waals surface area contributed by atoms with Crippen molar-refractivity contribution in [3.63, 3.8) is 0 Å². The summed E-state index contributed by atoms with van der Waals surface area (Å²) >= 11 is 0. The van der Waals surface area contributed by atoms with E-state index in [0.717, 1.165) is 16.7 Å². The Hall–Kier alpha value is -4.64. The number of ether oxygens (including phenoxy) is 1. The molecular formula is C26H23N5O3. The van der Waals surface area contributed by atoms with Gasteiger partial charge in [0.2, 0.25) is 5.84 Å². The summed E-state index contributed by atoms with van der Waals surface area (Å²) in [5.74, 6) is -0.00900. The number of para-hydroxylation sites is 1. The van der Waals surface area contributed by atoms with Crippen molar-refractivity contribution in [3.8, 4) is 11.8 Å². The highest BCUT2D eigenvalue weighted by molar-refractivity contribution is 6.43. The van der Waals surface area contributed by atoms with Crippen LogP contribution >= 0.6 is 0 Å². The number of amides is 2. The molecule has 1 aliphatic heterocycles. The molecule has 0 spiro atoms. The first kappa shape index (κ1) is 22.6. The number of hydrogen-bond donors (Lipinski definition) is 2. The van der Waals surface area contributed by atoms with Crippen molar-refractivity contribution in [3.05, 3.63) is 89.5 Å². The van der Waals surface area contributed by atoms with E-state index in [-0.39, 0.29) is 24.9 Å². The van der Waals surface area contributed by atoms with Crippen LogP contribution in [0.5, 0.6) is 5.75 Å². The molecule has 34 heavy (non-hydrogen) atoms. The lowest BCUT2D eigenvalue weighted by Crippen LogP contribution is -2.54. The van der Waals surface area contributed by atoms with Crippen molar-refractivity contribution in [2.45, 2.75) is 20.0 Å². The third kappa shape index (κ3) is 5.40. The van der Waals surface area contributed by atoms with Gasteiger partial charge in [0.05, 0.1) is 18.2 Å². The third-order valence-corrected chi connectivity index (χ3v) is 5.21. The molecule has 1 aliphatic rings. The molecule has 0 bridgehead atoms. The van der Waals surface area contributed by atoms with E-state index in [1.165, 1.54) is 5.01 Å². The Morgan fingerprint density at radius 1 is 1.12 bits per heavy atom. The van der Waals surface area contributed by atoms with E-state index >= 15 is 0 Å². The highest BCUT2D eigenvalue weighted by atomic mass is 16.5. The molecule has 3 aromatic rings. The van der Waals surface area contributed by atoms with Crippen molar-refractivity contribution in [2.24, 2.45) is 4.99 Å². The van der Waals surface area contributed by atoms with Crippen molar-refractivity contribution in [2.75, 3.05) is 16.9 Å². The second kappa shape index (κ2) is 10.3. The van der Waals surface area contributed by atoms with Gasteiger partial charge in [-0.1, -0.05) is 48.0 Å². The molecule has 0 aliphatic carbocycles. The largest absolute Gasteiger partial charge is 0.489 e. The van der Waals surface area contributed by atoms with Crippen LogP contribution in [0.4, 0.5) is 11.4 Å². The molecule has 0 saturated heterocycles. The van der Waals surface area contributed by atoms with Gasteiger partial charge in [0.1, 0.15) is 18.9 Å². The maximum Gasteiger partial charge on any atom is 0.292 e. The van der Waals surface area contributed by atoms with Crippen LogP contribution in [-0.2, 0) is 22.6 Å². The monoisotopic (exact) mass is 453 g/mol. The van der Waals surface area contributed by atoms with Crippen LogP contribution in [0.2, 0.25) is 0 Å². The van der Waals surface area contributed by atoms with Crippen LogP contribution in [0.15, 0.2) is 77.8 Å². The summed E-state index contributed by atoms with van der Waals surface area (Å²) in [6.07, 6.45) is 0.347. The van der Waals surface area contributed by atoms with Gasteiger partial charge in [-0.3, -0.25) is 20.0 Å². The summed E-state index contributed by atoms with van der Waals surface area (Å²) in [5, 5.41) is 13.0. The van der Waals surface area contributed by atoms with Crippen LogP contribution in [0.25, 0.3) is 0 Å². The highest BCUT2D eigenvalue weighted by Gasteiger charge is 2.26. The van der Waals surface area contributed by atoms with Gasteiger partial charge in [0.25, 0.3) is 11.8 Å². The maximum atomic E-state index is 12.9. The molecule has 4 rings (SSSR count). The van der Waals surface area contributed by atoms with Crippen molar-refractivity contribution < 1.29 is 14.3 Å². The first-order valence-corrected chi connectivity index (χ1v) is 10.7. The lowest BCUT2D eigenvalue weighted by Gasteiger charge is -2.27. The minimum absolute atomic E-state index is 0.0454. The number of carbonyl (C=O) groups excluding carboxylic acids is 2. The average Bonchev–Trinajstić information content (AvgIpc) is 2.85. The molecular weight excluding hydrogens is 430 g/mol. The van der Waals surface area contributed by atoms with E-state index in [0.29, 0.717) is 23.5 Å². The first-order valence-electron chi connectivity index (χ1n) is 10.7. The molecule has 170 valence electrons. The van der Waals surface area contributed by atoms with E-state index in [4.69, 9.17) is 10.00 Å². The normalized spacial score (nSPS) is 12.9. The zero-order valence-corrected chi connectivity index (χ0v) is 18.6. The summed E-state index contributed by atoms with van der Waals surface area (Å²) in [6.45, 7) is 2.07. The van der Waals surface area contributed by atoms with E-state index in [9.17, 15) is 9.59 Å². The summed E-state index contributed by atoms with van der Waals surface area (Å²) in [4.78, 5) is 29.3. The van der Waals surface area contributed by atoms with Gasteiger partial charge in [0.15, 0.2) is 0 Å². The third-order valence-electron chi connectivity index (χ3n) is 5.21. The SMILES string of the molecule is Cc1ccc(N2NC(C(=O)Nc3ccccc3COc3ccc(CC#N)cc3)=NCC2=O)cc1. The first-order chi connectivity index (χ1) is 16.5. The number of nitrogens with zero attached hydrogens (tertiary/aromatic N) is 3. The molecule has 0 fully saturated rings. The van der Waals surface area contributed by atoms with Crippen LogP contribution in [0.3, 0.4) is 0 Å². The summed E-state index contributed by atoms with van der Waals surface area (Å²) in [7, 11) is 0. The van der Waals surface area contributed by atoms with Crippen LogP contribution in [0.1, 0.15) is 16.7 Å². The lowest BCUT2D eigenvalue weighted by molar-refractivity contribution is -0.118. The molecule has 8 heteroatoms. The maximum absolute atomic E-state index is 12.9. The molecule has 0 unspecified atom stereocenters. The Morgan fingerprint density at radius 3 is 2.59 bits per heavy atom. The molecule has 2 amide bonds. The van der Waals surface area contributed by atoms with E-state index in [1.54, 1.807) is 18.2 Å². The predicted octanol–water partition coefficient (Wildman–Crippen LogP) is 3.53. The van der Waals surface area contributed by atoms with E-state index in [2.05, 4.69) is 21.8 Å². The van der Waals surface area contributed by atoms with Gasteiger partial charge >= 0.3 is 0 Å². The second-order valence-corrected chi connectivity index (χ2v) is 7.72. The Kier molecular flexibility index (Phi) is 6.84. The van der Waals surface area contributed by atoms with Gasteiger partial charge in [0, 0.05) is 11.3 Å². The van der Waals surface area contributed by atoms with E-state index in [1.807, 2.05) is 61.5 Å².